The summed E-state index contributed by atoms with van der Waals surface area (Å²) in [5, 5.41) is 25.6. The van der Waals surface area contributed by atoms with Crippen molar-refractivity contribution in [3.63, 3.8) is 0 Å². The lowest BCUT2D eigenvalue weighted by Gasteiger charge is -2.31. The lowest BCUT2D eigenvalue weighted by atomic mass is 9.86. The van der Waals surface area contributed by atoms with Crippen LogP contribution in [0.3, 0.4) is 0 Å². The molecular formula is C61H84F2N10O18. The number of rotatable bonds is 45. The number of nitrogens with zero attached hydrogens (tertiary/aromatic N) is 5. The van der Waals surface area contributed by atoms with E-state index in [0.29, 0.717) is 134 Å². The first-order valence-electron chi connectivity index (χ1n) is 30.4. The maximum absolute atomic E-state index is 15.8. The molecule has 4 heterocycles. The number of cyclic esters (lactones) is 1. The van der Waals surface area contributed by atoms with E-state index in [2.05, 4.69) is 31.3 Å². The van der Waals surface area contributed by atoms with Crippen LogP contribution in [0.15, 0.2) is 46.3 Å². The van der Waals surface area contributed by atoms with E-state index in [1.807, 2.05) is 6.92 Å². The first kappa shape index (κ1) is 72.6. The van der Waals surface area contributed by atoms with Gasteiger partial charge >= 0.3 is 12.0 Å². The number of fused-ring (bicyclic) bond motifs is 5. The van der Waals surface area contributed by atoms with Gasteiger partial charge in [-0.1, -0.05) is 32.8 Å². The van der Waals surface area contributed by atoms with Gasteiger partial charge in [-0.2, -0.15) is 0 Å². The Kier molecular flexibility index (Phi) is 30.6. The van der Waals surface area contributed by atoms with Gasteiger partial charge in [0, 0.05) is 46.6 Å². The summed E-state index contributed by atoms with van der Waals surface area (Å²) >= 11 is 0. The summed E-state index contributed by atoms with van der Waals surface area (Å²) in [6.07, 6.45) is 0.537. The number of urea groups is 1. The number of azide groups is 1. The van der Waals surface area contributed by atoms with E-state index in [0.717, 1.165) is 23.3 Å². The quantitative estimate of drug-likeness (QED) is 0.0104. The lowest BCUT2D eigenvalue weighted by Crippen LogP contribution is -2.54. The molecule has 0 aliphatic carbocycles. The normalized spacial score (nSPS) is 14.7. The van der Waals surface area contributed by atoms with Gasteiger partial charge in [-0.25, -0.2) is 23.4 Å². The molecule has 2 aliphatic heterocycles. The van der Waals surface area contributed by atoms with Crippen LogP contribution in [0.1, 0.15) is 81.2 Å². The van der Waals surface area contributed by atoms with Gasteiger partial charge in [0.15, 0.2) is 5.60 Å². The highest BCUT2D eigenvalue weighted by Crippen LogP contribution is 2.41. The minimum absolute atomic E-state index is 0.000208. The maximum Gasteiger partial charge on any atom is 0.343 e. The monoisotopic (exact) mass is 1280 g/mol. The van der Waals surface area contributed by atoms with Crippen molar-refractivity contribution in [1.29, 1.82) is 0 Å². The average molecular weight is 1280 g/mol. The number of primary amides is 1. The third-order valence-corrected chi connectivity index (χ3v) is 14.6. The number of ether oxygens (including phenoxy) is 11. The molecule has 2 aliphatic rings. The Morgan fingerprint density at radius 3 is 1.86 bits per heavy atom. The Hall–Kier alpha value is -7.48. The lowest BCUT2D eigenvalue weighted by molar-refractivity contribution is -0.172. The van der Waals surface area contributed by atoms with E-state index in [-0.39, 0.29) is 87.8 Å². The topological polar surface area (TPSA) is 365 Å². The first-order chi connectivity index (χ1) is 44.0. The van der Waals surface area contributed by atoms with E-state index in [4.69, 9.17) is 68.4 Å². The number of benzene rings is 2. The van der Waals surface area contributed by atoms with Crippen molar-refractivity contribution in [2.45, 2.75) is 97.2 Å². The number of amides is 5. The number of nitrogens with two attached hydrogens (primary N) is 1. The van der Waals surface area contributed by atoms with E-state index >= 15 is 8.78 Å². The number of halogens is 2. The van der Waals surface area contributed by atoms with Crippen molar-refractivity contribution in [3.8, 4) is 17.1 Å². The Balaban J connectivity index is 0.870. The van der Waals surface area contributed by atoms with Crippen LogP contribution < -0.4 is 37.3 Å². The highest BCUT2D eigenvalue weighted by atomic mass is 19.1. The van der Waals surface area contributed by atoms with E-state index < -0.39 is 82.7 Å². The summed E-state index contributed by atoms with van der Waals surface area (Å²) < 4.78 is 93.4. The Morgan fingerprint density at radius 2 is 1.33 bits per heavy atom. The summed E-state index contributed by atoms with van der Waals surface area (Å²) in [5.41, 5.74) is 13.9. The third-order valence-electron chi connectivity index (χ3n) is 14.6. The van der Waals surface area contributed by atoms with Crippen LogP contribution in [-0.2, 0) is 98.3 Å². The smallest absolute Gasteiger partial charge is 0.343 e. The van der Waals surface area contributed by atoms with Gasteiger partial charge in [0.2, 0.25) is 17.7 Å². The molecule has 3 atom stereocenters. The molecule has 0 fully saturated rings. The van der Waals surface area contributed by atoms with Crippen molar-refractivity contribution >= 4 is 46.3 Å². The fourth-order valence-electron chi connectivity index (χ4n) is 9.84. The van der Waals surface area contributed by atoms with Gasteiger partial charge in [0.1, 0.15) is 42.7 Å². The molecule has 0 unspecified atom stereocenters. The van der Waals surface area contributed by atoms with Crippen LogP contribution in [0, 0.1) is 17.6 Å². The fourth-order valence-corrected chi connectivity index (χ4v) is 9.84. The number of pyridine rings is 2. The van der Waals surface area contributed by atoms with E-state index in [9.17, 15) is 33.9 Å². The number of esters is 1. The summed E-state index contributed by atoms with van der Waals surface area (Å²) in [4.78, 5) is 85.9. The molecule has 91 heavy (non-hydrogen) atoms. The van der Waals surface area contributed by atoms with Crippen molar-refractivity contribution in [1.82, 2.24) is 25.5 Å². The highest BCUT2D eigenvalue weighted by molar-refractivity contribution is 5.98. The Bertz CT molecular complexity index is 3150. The predicted octanol–water partition coefficient (Wildman–Crippen LogP) is 4.36. The zero-order valence-electron chi connectivity index (χ0n) is 52.0. The molecule has 0 radical (unpaired) electrons. The molecule has 5 amide bonds. The average Bonchev–Trinajstić information content (AvgIpc) is 1.63. The Morgan fingerprint density at radius 1 is 0.769 bits per heavy atom. The molecule has 0 spiro atoms. The number of hydrogen-bond acceptors (Lipinski definition) is 20. The molecule has 30 heteroatoms. The second-order valence-electron chi connectivity index (χ2n) is 21.2. The minimum Gasteiger partial charge on any atom is -0.489 e. The molecular weight excluding hydrogens is 1200 g/mol. The standard InChI is InChI=1S/C61H84F2N10O18/c1-5-42-43-34-41(9-10-50(43)69-55-44(42)36-73-52(55)35-47-45(58(73)77)37-91-59(78)61(47,80)6-2)90-38-46-48(62)32-40(33-49(46)63)68-56(75)51(8-7-12-66-60(64)79)70-57(76)54(39(3)4)71-53(74)11-14-81-16-18-83-20-22-85-24-26-87-28-30-89-31-29-88-27-25-86-23-21-84-19-17-82-15-13-67-72-65/h9-10,32-35,39,51,54,80H,5-8,11-31,36-38H2,1-4H3,(H,68,75)(H,70,76)(H,71,74)(H3,64,66,79)/t51-,54-,61-/m0/s1. The summed E-state index contributed by atoms with van der Waals surface area (Å²) in [5.74, 6) is -5.11. The number of aliphatic hydroxyl groups is 1. The molecule has 28 nitrogen and oxygen atoms in total. The number of aryl methyl sites for hydroxylation is 1. The second kappa shape index (κ2) is 38.4. The third kappa shape index (κ3) is 22.1. The van der Waals surface area contributed by atoms with Crippen molar-refractivity contribution in [2.75, 3.05) is 137 Å². The van der Waals surface area contributed by atoms with Crippen molar-refractivity contribution in [2.24, 2.45) is 16.8 Å². The van der Waals surface area contributed by atoms with E-state index in [1.54, 1.807) is 49.6 Å². The van der Waals surface area contributed by atoms with Gasteiger partial charge in [0.05, 0.1) is 154 Å². The number of carbonyl (C=O) groups excluding carboxylic acids is 5. The van der Waals surface area contributed by atoms with Gasteiger partial charge in [-0.15, -0.1) is 0 Å². The number of nitrogens with one attached hydrogen (secondary N) is 4. The highest BCUT2D eigenvalue weighted by Gasteiger charge is 2.45. The minimum atomic E-state index is -1.98. The van der Waals surface area contributed by atoms with Gasteiger partial charge in [-0.3, -0.25) is 19.2 Å². The molecule has 0 saturated carbocycles. The molecule has 500 valence electrons. The zero-order chi connectivity index (χ0) is 65.5. The number of anilines is 1. The fraction of sp³-hybridized carbons (Fsp3) is 0.590. The maximum atomic E-state index is 15.8. The molecule has 2 aromatic heterocycles. The summed E-state index contributed by atoms with van der Waals surface area (Å²) in [6, 6.07) is 5.23. The van der Waals surface area contributed by atoms with Gasteiger partial charge < -0.3 is 88.8 Å². The van der Waals surface area contributed by atoms with Crippen LogP contribution in [0.25, 0.3) is 32.7 Å². The first-order valence-corrected chi connectivity index (χ1v) is 30.4. The SMILES string of the molecule is CCc1c2c(nc3ccc(OCc4c(F)cc(NC(=O)[C@H](CCCNC(N)=O)NC(=O)[C@@H](NC(=O)CCOCCOCCOCCOCCOCCOCCOCCOCCOCCN=[N+]=[N-])C(C)C)cc4F)cc13)-c1cc3c(c(=O)n1C2)COC(=O)[C@]3(O)CC. The van der Waals surface area contributed by atoms with Crippen molar-refractivity contribution < 1.29 is 90.0 Å². The molecule has 0 saturated heterocycles. The Labute approximate surface area is 525 Å². The van der Waals surface area contributed by atoms with Gasteiger partial charge in [0.25, 0.3) is 5.56 Å². The number of carbonyl (C=O) groups is 5. The number of aromatic nitrogens is 2. The molecule has 7 N–H and O–H groups in total. The van der Waals surface area contributed by atoms with E-state index in [1.165, 1.54) is 0 Å². The molecule has 4 aromatic rings. The number of hydrogen-bond donors (Lipinski definition) is 6. The molecule has 0 bridgehead atoms. The largest absolute Gasteiger partial charge is 0.489 e. The second-order valence-corrected chi connectivity index (χ2v) is 21.2. The summed E-state index contributed by atoms with van der Waals surface area (Å²) in [7, 11) is 0. The van der Waals surface area contributed by atoms with Crippen molar-refractivity contribution in [3.05, 3.63) is 96.6 Å². The molecule has 2 aromatic carbocycles. The predicted molar refractivity (Wildman–Crippen MR) is 325 cm³/mol. The zero-order valence-corrected chi connectivity index (χ0v) is 52.0. The van der Waals surface area contributed by atoms with Crippen LogP contribution in [0.4, 0.5) is 19.3 Å². The van der Waals surface area contributed by atoms with Crippen LogP contribution >= 0.6 is 0 Å². The van der Waals surface area contributed by atoms with Crippen LogP contribution in [0.5, 0.6) is 5.75 Å². The van der Waals surface area contributed by atoms with Crippen LogP contribution in [-0.4, -0.2) is 188 Å². The summed E-state index contributed by atoms with van der Waals surface area (Å²) in [6.45, 7) is 13.1. The van der Waals surface area contributed by atoms with Crippen LogP contribution in [0.2, 0.25) is 0 Å². The van der Waals surface area contributed by atoms with Gasteiger partial charge in [-0.05, 0) is 79.1 Å². The molecule has 6 rings (SSSR count).